The first-order chi connectivity index (χ1) is 14.0. The Balaban J connectivity index is 1.27. The number of primary amides is 1. The summed E-state index contributed by atoms with van der Waals surface area (Å²) in [7, 11) is 0. The minimum atomic E-state index is -0.590. The number of nitrogens with zero attached hydrogens (tertiary/aromatic N) is 2. The number of anilines is 1. The van der Waals surface area contributed by atoms with Crippen molar-refractivity contribution in [2.24, 2.45) is 11.1 Å². The van der Waals surface area contributed by atoms with Crippen LogP contribution in [0.2, 0.25) is 0 Å². The topological polar surface area (TPSA) is 110 Å². The van der Waals surface area contributed by atoms with Crippen LogP contribution in [-0.4, -0.2) is 60.7 Å². The Kier molecular flexibility index (Phi) is 4.33. The second-order valence-electron chi connectivity index (χ2n) is 9.11. The van der Waals surface area contributed by atoms with Crippen LogP contribution in [0.1, 0.15) is 49.0 Å². The van der Waals surface area contributed by atoms with E-state index in [2.05, 4.69) is 20.5 Å². The van der Waals surface area contributed by atoms with Gasteiger partial charge in [0.05, 0.1) is 16.6 Å². The van der Waals surface area contributed by atoms with E-state index in [-0.39, 0.29) is 11.8 Å². The summed E-state index contributed by atoms with van der Waals surface area (Å²) >= 11 is 0. The molecule has 4 saturated heterocycles. The van der Waals surface area contributed by atoms with E-state index >= 15 is 0 Å². The molecule has 1 spiro atoms. The average molecular weight is 399 g/mol. The maximum absolute atomic E-state index is 12.8. The van der Waals surface area contributed by atoms with E-state index in [4.69, 9.17) is 10.5 Å². The number of hydrogen-bond donors (Lipinski definition) is 3. The molecule has 2 amide bonds. The molecule has 1 aromatic rings. The molecule has 5 aliphatic rings. The lowest BCUT2D eigenvalue weighted by atomic mass is 9.53. The van der Waals surface area contributed by atoms with Crippen molar-refractivity contribution in [1.82, 2.24) is 15.6 Å². The van der Waals surface area contributed by atoms with Gasteiger partial charge in [-0.05, 0) is 63.7 Å². The molecule has 156 valence electrons. The zero-order valence-corrected chi connectivity index (χ0v) is 16.7. The van der Waals surface area contributed by atoms with Gasteiger partial charge in [-0.25, -0.2) is 0 Å². The first kappa shape index (κ1) is 18.8. The van der Waals surface area contributed by atoms with Crippen LogP contribution in [0.5, 0.6) is 0 Å². The number of rotatable bonds is 5. The quantitative estimate of drug-likeness (QED) is 0.668. The molecular weight excluding hydrogens is 370 g/mol. The van der Waals surface area contributed by atoms with Gasteiger partial charge in [-0.2, -0.15) is 0 Å². The summed E-state index contributed by atoms with van der Waals surface area (Å²) in [4.78, 5) is 31.6. The smallest absolute Gasteiger partial charge is 0.270 e. The van der Waals surface area contributed by atoms with Crippen molar-refractivity contribution in [3.63, 3.8) is 0 Å². The highest BCUT2D eigenvalue weighted by molar-refractivity contribution is 5.93. The molecule has 8 nitrogen and oxygen atoms in total. The maximum Gasteiger partial charge on any atom is 0.270 e. The average Bonchev–Trinajstić information content (AvgIpc) is 3.38. The lowest BCUT2D eigenvalue weighted by Gasteiger charge is -2.47. The van der Waals surface area contributed by atoms with Crippen LogP contribution < -0.4 is 21.3 Å². The number of aromatic nitrogens is 1. The van der Waals surface area contributed by atoms with Crippen molar-refractivity contribution in [1.29, 1.82) is 0 Å². The number of nitrogens with one attached hydrogen (secondary N) is 2. The Labute approximate surface area is 170 Å². The van der Waals surface area contributed by atoms with Gasteiger partial charge >= 0.3 is 0 Å². The predicted octanol–water partition coefficient (Wildman–Crippen LogP) is 0.568. The van der Waals surface area contributed by atoms with E-state index in [0.29, 0.717) is 25.1 Å². The van der Waals surface area contributed by atoms with Crippen molar-refractivity contribution in [3.05, 3.63) is 24.0 Å². The number of pyridine rings is 1. The summed E-state index contributed by atoms with van der Waals surface area (Å²) in [6, 6.07) is 3.81. The third-order valence-corrected chi connectivity index (χ3v) is 7.43. The summed E-state index contributed by atoms with van der Waals surface area (Å²) in [6.45, 7) is 4.07. The maximum atomic E-state index is 12.8. The van der Waals surface area contributed by atoms with Crippen LogP contribution in [0.15, 0.2) is 18.3 Å². The summed E-state index contributed by atoms with van der Waals surface area (Å²) in [5.41, 5.74) is 5.71. The van der Waals surface area contributed by atoms with E-state index in [9.17, 15) is 9.59 Å². The van der Waals surface area contributed by atoms with Crippen molar-refractivity contribution in [2.75, 3.05) is 37.6 Å². The standard InChI is InChI=1S/C21H29N5O3/c22-18(28)20-12-19(13-20,29-21(20)4-7-23-8-5-21)14-25-17(27)16-11-15(3-6-24-16)26-9-1-2-10-26/h3,6,11,23H,1-2,4-5,7-10,12-14H2,(H2,22,28)(H,25,27). The zero-order chi connectivity index (χ0) is 20.1. The molecule has 29 heavy (non-hydrogen) atoms. The Hall–Kier alpha value is -2.19. The zero-order valence-electron chi connectivity index (χ0n) is 16.7. The van der Waals surface area contributed by atoms with Crippen LogP contribution >= 0.6 is 0 Å². The number of amides is 2. The summed E-state index contributed by atoms with van der Waals surface area (Å²) in [6.07, 6.45) is 6.81. The fourth-order valence-corrected chi connectivity index (χ4v) is 5.97. The highest BCUT2D eigenvalue weighted by Gasteiger charge is 2.77. The molecule has 1 aliphatic carbocycles. The van der Waals surface area contributed by atoms with Gasteiger partial charge < -0.3 is 26.0 Å². The number of hydrogen-bond acceptors (Lipinski definition) is 6. The van der Waals surface area contributed by atoms with E-state index in [0.717, 1.165) is 44.7 Å². The number of carbonyl (C=O) groups is 2. The Morgan fingerprint density at radius 1 is 1.24 bits per heavy atom. The lowest BCUT2D eigenvalue weighted by molar-refractivity contribution is -0.137. The highest BCUT2D eigenvalue weighted by Crippen LogP contribution is 2.68. The Bertz CT molecular complexity index is 823. The largest absolute Gasteiger partial charge is 0.371 e. The monoisotopic (exact) mass is 399 g/mol. The van der Waals surface area contributed by atoms with Crippen LogP contribution in [0.3, 0.4) is 0 Å². The molecule has 5 fully saturated rings. The van der Waals surface area contributed by atoms with Gasteiger partial charge in [-0.15, -0.1) is 0 Å². The summed E-state index contributed by atoms with van der Waals surface area (Å²) in [5.74, 6) is -0.467. The molecular formula is C21H29N5O3. The molecule has 8 heteroatoms. The summed E-state index contributed by atoms with van der Waals surface area (Å²) in [5, 5.41) is 6.33. The van der Waals surface area contributed by atoms with Gasteiger partial charge in [-0.1, -0.05) is 0 Å². The molecule has 0 unspecified atom stereocenters. The van der Waals surface area contributed by atoms with Crippen molar-refractivity contribution < 1.29 is 14.3 Å². The lowest BCUT2D eigenvalue weighted by Crippen LogP contribution is -2.60. The third-order valence-electron chi connectivity index (χ3n) is 7.43. The molecule has 5 heterocycles. The number of carbonyl (C=O) groups excluding carboxylic acids is 2. The van der Waals surface area contributed by atoms with Gasteiger partial charge in [0.1, 0.15) is 5.69 Å². The highest BCUT2D eigenvalue weighted by atomic mass is 16.5. The first-order valence-corrected chi connectivity index (χ1v) is 10.7. The van der Waals surface area contributed by atoms with E-state index in [1.165, 1.54) is 12.8 Å². The van der Waals surface area contributed by atoms with Crippen LogP contribution in [0, 0.1) is 5.41 Å². The molecule has 6 rings (SSSR count). The molecule has 1 saturated carbocycles. The summed E-state index contributed by atoms with van der Waals surface area (Å²) < 4.78 is 6.52. The molecule has 0 radical (unpaired) electrons. The number of nitrogens with two attached hydrogens (primary N) is 1. The fraction of sp³-hybridized carbons (Fsp3) is 0.667. The molecule has 0 atom stereocenters. The van der Waals surface area contributed by atoms with Crippen molar-refractivity contribution in [2.45, 2.75) is 49.7 Å². The minimum absolute atomic E-state index is 0.202. The first-order valence-electron chi connectivity index (χ1n) is 10.7. The fourth-order valence-electron chi connectivity index (χ4n) is 5.97. The van der Waals surface area contributed by atoms with Gasteiger partial charge in [0, 0.05) is 31.5 Å². The number of ether oxygens (including phenoxy) is 1. The van der Waals surface area contributed by atoms with Crippen LogP contribution in [-0.2, 0) is 9.53 Å². The Morgan fingerprint density at radius 3 is 2.66 bits per heavy atom. The second kappa shape index (κ2) is 6.67. The van der Waals surface area contributed by atoms with E-state index in [1.54, 1.807) is 6.20 Å². The third kappa shape index (κ3) is 2.84. The van der Waals surface area contributed by atoms with Crippen LogP contribution in [0.25, 0.3) is 0 Å². The minimum Gasteiger partial charge on any atom is -0.371 e. The van der Waals surface area contributed by atoms with E-state index in [1.807, 2.05) is 12.1 Å². The molecule has 4 aliphatic heterocycles. The Morgan fingerprint density at radius 2 is 1.97 bits per heavy atom. The normalized spacial score (nSPS) is 32.2. The van der Waals surface area contributed by atoms with Crippen molar-refractivity contribution in [3.8, 4) is 0 Å². The van der Waals surface area contributed by atoms with Gasteiger partial charge in [0.15, 0.2) is 0 Å². The predicted molar refractivity (Wildman–Crippen MR) is 108 cm³/mol. The van der Waals surface area contributed by atoms with Gasteiger partial charge in [0.2, 0.25) is 5.91 Å². The van der Waals surface area contributed by atoms with Gasteiger partial charge in [-0.3, -0.25) is 14.6 Å². The second-order valence-corrected chi connectivity index (χ2v) is 9.11. The molecule has 0 aromatic carbocycles. The van der Waals surface area contributed by atoms with Gasteiger partial charge in [0.25, 0.3) is 5.91 Å². The molecule has 1 aromatic heterocycles. The molecule has 4 N–H and O–H groups in total. The SMILES string of the molecule is NC(=O)C12CC(CNC(=O)c3cc(N4CCCC4)ccn3)(C1)OC21CCNCC1. The van der Waals surface area contributed by atoms with Crippen LogP contribution in [0.4, 0.5) is 5.69 Å². The number of piperidine rings is 1. The van der Waals surface area contributed by atoms with Crippen molar-refractivity contribution >= 4 is 17.5 Å². The molecule has 2 bridgehead atoms. The van der Waals surface area contributed by atoms with E-state index < -0.39 is 16.6 Å².